The van der Waals surface area contributed by atoms with Crippen LogP contribution in [0.1, 0.15) is 0 Å². The molecule has 5 heteroatoms. The molecule has 0 unspecified atom stereocenters. The van der Waals surface area contributed by atoms with Gasteiger partial charge in [-0.05, 0) is 18.2 Å². The predicted octanol–water partition coefficient (Wildman–Crippen LogP) is 0.403. The summed E-state index contributed by atoms with van der Waals surface area (Å²) < 4.78 is 0. The van der Waals surface area contributed by atoms with Gasteiger partial charge in [-0.25, -0.2) is 0 Å². The molecule has 1 aliphatic rings. The van der Waals surface area contributed by atoms with Crippen LogP contribution in [0.3, 0.4) is 0 Å². The molecule has 0 aliphatic carbocycles. The summed E-state index contributed by atoms with van der Waals surface area (Å²) in [4.78, 5) is 17.7. The minimum Gasteiger partial charge on any atom is -0.399 e. The summed E-state index contributed by atoms with van der Waals surface area (Å²) in [6.07, 6.45) is 1.36. The Morgan fingerprint density at radius 1 is 1.41 bits per heavy atom. The molecule has 5 nitrogen and oxygen atoms in total. The Labute approximate surface area is 100 Å². The SMILES string of the molecule is Nc1cccc(/N=C/C(=O)N2CCNCC2)c1. The number of nitrogen functional groups attached to an aromatic ring is 1. The van der Waals surface area contributed by atoms with Crippen LogP contribution in [-0.4, -0.2) is 43.2 Å². The van der Waals surface area contributed by atoms with E-state index in [0.717, 1.165) is 26.2 Å². The number of hydrogen-bond acceptors (Lipinski definition) is 4. The van der Waals surface area contributed by atoms with Crippen molar-refractivity contribution in [2.75, 3.05) is 31.9 Å². The molecule has 0 atom stereocenters. The molecular formula is C12H16N4O. The third-order valence-corrected chi connectivity index (χ3v) is 2.62. The number of rotatable bonds is 2. The molecule has 0 saturated carbocycles. The highest BCUT2D eigenvalue weighted by Crippen LogP contribution is 2.14. The number of nitrogens with zero attached hydrogens (tertiary/aromatic N) is 2. The third kappa shape index (κ3) is 3.29. The maximum atomic E-state index is 11.8. The van der Waals surface area contributed by atoms with E-state index >= 15 is 0 Å². The monoisotopic (exact) mass is 232 g/mol. The lowest BCUT2D eigenvalue weighted by Gasteiger charge is -2.25. The molecule has 1 fully saturated rings. The number of anilines is 1. The van der Waals surface area contributed by atoms with Crippen molar-refractivity contribution in [1.29, 1.82) is 0 Å². The van der Waals surface area contributed by atoms with Gasteiger partial charge in [0.2, 0.25) is 0 Å². The van der Waals surface area contributed by atoms with Gasteiger partial charge in [-0.15, -0.1) is 0 Å². The lowest BCUT2D eigenvalue weighted by atomic mass is 10.3. The quantitative estimate of drug-likeness (QED) is 0.573. The van der Waals surface area contributed by atoms with E-state index < -0.39 is 0 Å². The van der Waals surface area contributed by atoms with E-state index in [-0.39, 0.29) is 5.91 Å². The summed E-state index contributed by atoms with van der Waals surface area (Å²) in [6, 6.07) is 7.16. The first-order valence-corrected chi connectivity index (χ1v) is 5.65. The van der Waals surface area contributed by atoms with Crippen molar-refractivity contribution in [2.24, 2.45) is 4.99 Å². The lowest BCUT2D eigenvalue weighted by molar-refractivity contribution is -0.124. The second-order valence-electron chi connectivity index (χ2n) is 3.93. The number of carbonyl (C=O) groups excluding carboxylic acids is 1. The molecule has 1 aromatic carbocycles. The van der Waals surface area contributed by atoms with Gasteiger partial charge in [-0.1, -0.05) is 6.07 Å². The Morgan fingerprint density at radius 3 is 2.88 bits per heavy atom. The fraction of sp³-hybridized carbons (Fsp3) is 0.333. The number of hydrogen-bond donors (Lipinski definition) is 2. The van der Waals surface area contributed by atoms with Gasteiger partial charge in [0.05, 0.1) is 11.9 Å². The van der Waals surface area contributed by atoms with Crippen molar-refractivity contribution >= 4 is 23.5 Å². The molecule has 0 aromatic heterocycles. The van der Waals surface area contributed by atoms with E-state index in [1.54, 1.807) is 17.0 Å². The smallest absolute Gasteiger partial charge is 0.265 e. The molecule has 1 saturated heterocycles. The van der Waals surface area contributed by atoms with Gasteiger partial charge < -0.3 is 16.0 Å². The zero-order valence-corrected chi connectivity index (χ0v) is 9.60. The Kier molecular flexibility index (Phi) is 3.72. The minimum atomic E-state index is -0.0473. The summed E-state index contributed by atoms with van der Waals surface area (Å²) in [5.41, 5.74) is 6.98. The van der Waals surface area contributed by atoms with Crippen molar-refractivity contribution in [1.82, 2.24) is 10.2 Å². The first-order valence-electron chi connectivity index (χ1n) is 5.65. The number of nitrogens with one attached hydrogen (secondary N) is 1. The number of carbonyl (C=O) groups is 1. The largest absolute Gasteiger partial charge is 0.399 e. The number of benzene rings is 1. The maximum absolute atomic E-state index is 11.8. The van der Waals surface area contributed by atoms with Gasteiger partial charge in [0.25, 0.3) is 5.91 Å². The Balaban J connectivity index is 1.97. The zero-order chi connectivity index (χ0) is 12.1. The number of aliphatic imine (C=N–C) groups is 1. The van der Waals surface area contributed by atoms with Gasteiger partial charge in [-0.3, -0.25) is 9.79 Å². The average Bonchev–Trinajstić information content (AvgIpc) is 2.37. The molecule has 1 aromatic rings. The summed E-state index contributed by atoms with van der Waals surface area (Å²) in [5.74, 6) is -0.0473. The van der Waals surface area contributed by atoms with Crippen LogP contribution in [0.4, 0.5) is 11.4 Å². The highest BCUT2D eigenvalue weighted by atomic mass is 16.2. The molecule has 90 valence electrons. The van der Waals surface area contributed by atoms with Crippen molar-refractivity contribution in [3.8, 4) is 0 Å². The van der Waals surface area contributed by atoms with Crippen LogP contribution < -0.4 is 11.1 Å². The van der Waals surface area contributed by atoms with Gasteiger partial charge >= 0.3 is 0 Å². The van der Waals surface area contributed by atoms with E-state index in [4.69, 9.17) is 5.73 Å². The van der Waals surface area contributed by atoms with E-state index in [1.807, 2.05) is 12.1 Å². The van der Waals surface area contributed by atoms with Gasteiger partial charge in [0.1, 0.15) is 0 Å². The van der Waals surface area contributed by atoms with E-state index in [0.29, 0.717) is 11.4 Å². The topological polar surface area (TPSA) is 70.7 Å². The number of piperazine rings is 1. The Morgan fingerprint density at radius 2 is 2.18 bits per heavy atom. The normalized spacial score (nSPS) is 16.4. The summed E-state index contributed by atoms with van der Waals surface area (Å²) in [6.45, 7) is 3.17. The Bertz CT molecular complexity index is 424. The van der Waals surface area contributed by atoms with Crippen LogP contribution >= 0.6 is 0 Å². The second kappa shape index (κ2) is 5.45. The maximum Gasteiger partial charge on any atom is 0.265 e. The van der Waals surface area contributed by atoms with Crippen molar-refractivity contribution in [2.45, 2.75) is 0 Å². The third-order valence-electron chi connectivity index (χ3n) is 2.62. The highest BCUT2D eigenvalue weighted by Gasteiger charge is 2.13. The second-order valence-corrected chi connectivity index (χ2v) is 3.93. The molecular weight excluding hydrogens is 216 g/mol. The molecule has 3 N–H and O–H groups in total. The molecule has 0 spiro atoms. The van der Waals surface area contributed by atoms with Gasteiger partial charge in [0, 0.05) is 31.9 Å². The molecule has 1 heterocycles. The van der Waals surface area contributed by atoms with Gasteiger partial charge in [0.15, 0.2) is 0 Å². The van der Waals surface area contributed by atoms with E-state index in [9.17, 15) is 4.79 Å². The van der Waals surface area contributed by atoms with Crippen molar-refractivity contribution < 1.29 is 4.79 Å². The van der Waals surface area contributed by atoms with Crippen molar-refractivity contribution in [3.05, 3.63) is 24.3 Å². The predicted molar refractivity (Wildman–Crippen MR) is 68.5 cm³/mol. The van der Waals surface area contributed by atoms with Crippen molar-refractivity contribution in [3.63, 3.8) is 0 Å². The molecule has 0 bridgehead atoms. The van der Waals surface area contributed by atoms with E-state index in [1.165, 1.54) is 6.21 Å². The lowest BCUT2D eigenvalue weighted by Crippen LogP contribution is -2.46. The molecule has 17 heavy (non-hydrogen) atoms. The fourth-order valence-corrected chi connectivity index (χ4v) is 1.70. The summed E-state index contributed by atoms with van der Waals surface area (Å²) in [5, 5.41) is 3.20. The van der Waals surface area contributed by atoms with Crippen LogP contribution in [-0.2, 0) is 4.79 Å². The van der Waals surface area contributed by atoms with E-state index in [2.05, 4.69) is 10.3 Å². The highest BCUT2D eigenvalue weighted by molar-refractivity contribution is 6.26. The summed E-state index contributed by atoms with van der Waals surface area (Å²) in [7, 11) is 0. The average molecular weight is 232 g/mol. The van der Waals surface area contributed by atoms with Crippen LogP contribution in [0.2, 0.25) is 0 Å². The molecule has 1 aliphatic heterocycles. The van der Waals surface area contributed by atoms with Gasteiger partial charge in [-0.2, -0.15) is 0 Å². The molecule has 2 rings (SSSR count). The van der Waals surface area contributed by atoms with Crippen LogP contribution in [0, 0.1) is 0 Å². The summed E-state index contributed by atoms with van der Waals surface area (Å²) >= 11 is 0. The number of nitrogens with two attached hydrogens (primary N) is 1. The van der Waals surface area contributed by atoms with Crippen LogP contribution in [0.25, 0.3) is 0 Å². The number of amides is 1. The molecule has 1 amide bonds. The molecule has 0 radical (unpaired) electrons. The van der Waals surface area contributed by atoms with Crippen LogP contribution in [0.15, 0.2) is 29.3 Å². The first-order chi connectivity index (χ1) is 8.25. The fourth-order valence-electron chi connectivity index (χ4n) is 1.70. The first kappa shape index (κ1) is 11.6. The standard InChI is InChI=1S/C12H16N4O/c13-10-2-1-3-11(8-10)15-9-12(17)16-6-4-14-5-7-16/h1-3,8-9,14H,4-7,13H2/b15-9+. The zero-order valence-electron chi connectivity index (χ0n) is 9.60. The minimum absolute atomic E-state index is 0.0473. The Hall–Kier alpha value is -1.88. The van der Waals surface area contributed by atoms with Crippen LogP contribution in [0.5, 0.6) is 0 Å².